The van der Waals surface area contributed by atoms with Gasteiger partial charge in [-0.05, 0) is 25.1 Å². The van der Waals surface area contributed by atoms with Crippen molar-refractivity contribution in [2.45, 2.75) is 13.3 Å². The second-order valence-electron chi connectivity index (χ2n) is 4.17. The zero-order valence-electron chi connectivity index (χ0n) is 12.2. The number of nitriles is 1. The van der Waals surface area contributed by atoms with Crippen LogP contribution in [0.5, 0.6) is 5.75 Å². The summed E-state index contributed by atoms with van der Waals surface area (Å²) in [7, 11) is 1.52. The largest absolute Gasteiger partial charge is 0.495 e. The maximum atomic E-state index is 12.4. The second-order valence-corrected chi connectivity index (χ2v) is 4.17. The first-order chi connectivity index (χ1) is 10.2. The summed E-state index contributed by atoms with van der Waals surface area (Å²) in [6.45, 7) is 2.54. The molecule has 0 aliphatic rings. The molecule has 0 spiro atoms. The molecule has 0 radical (unpaired) electrons. The maximum Gasteiger partial charge on any atom is 0.253 e. The van der Waals surface area contributed by atoms with Gasteiger partial charge in [0, 0.05) is 18.7 Å². The van der Waals surface area contributed by atoms with E-state index < -0.39 is 0 Å². The average Bonchev–Trinajstić information content (AvgIpc) is 2.53. The normalized spacial score (nSPS) is 9.24. The van der Waals surface area contributed by atoms with Crippen molar-refractivity contribution in [1.82, 2.24) is 4.90 Å². The lowest BCUT2D eigenvalue weighted by atomic mass is 10.1. The van der Waals surface area contributed by atoms with Crippen LogP contribution in [0.15, 0.2) is 18.2 Å². The standard InChI is InChI=1S/C16H18N2O3/c1-3-18(10-5-9-17)16(20)14-7-8-15(21-2)13(12-14)6-4-11-19/h7-8,12,19H,3,5,10-11H2,1-2H3. The number of ether oxygens (including phenoxy) is 1. The third kappa shape index (κ3) is 4.52. The number of benzene rings is 1. The Bertz CT molecular complexity index is 594. The number of carbonyl (C=O) groups is 1. The van der Waals surface area contributed by atoms with Crippen molar-refractivity contribution in [3.8, 4) is 23.7 Å². The summed E-state index contributed by atoms with van der Waals surface area (Å²) < 4.78 is 5.18. The molecule has 1 N–H and O–H groups in total. The van der Waals surface area contributed by atoms with Crippen LogP contribution < -0.4 is 4.74 Å². The minimum atomic E-state index is -0.259. The number of methoxy groups -OCH3 is 1. The van der Waals surface area contributed by atoms with Crippen molar-refractivity contribution in [1.29, 1.82) is 5.26 Å². The lowest BCUT2D eigenvalue weighted by Gasteiger charge is -2.19. The van der Waals surface area contributed by atoms with E-state index in [1.165, 1.54) is 7.11 Å². The molecule has 0 fully saturated rings. The Morgan fingerprint density at radius 3 is 2.81 bits per heavy atom. The molecule has 1 aromatic rings. The van der Waals surface area contributed by atoms with Gasteiger partial charge < -0.3 is 14.7 Å². The van der Waals surface area contributed by atoms with E-state index >= 15 is 0 Å². The molecule has 0 unspecified atom stereocenters. The summed E-state index contributed by atoms with van der Waals surface area (Å²) in [6.07, 6.45) is 0.299. The van der Waals surface area contributed by atoms with E-state index in [0.29, 0.717) is 36.4 Å². The summed E-state index contributed by atoms with van der Waals surface area (Å²) >= 11 is 0. The Morgan fingerprint density at radius 1 is 1.48 bits per heavy atom. The van der Waals surface area contributed by atoms with E-state index in [1.807, 2.05) is 13.0 Å². The van der Waals surface area contributed by atoms with Gasteiger partial charge >= 0.3 is 0 Å². The zero-order chi connectivity index (χ0) is 15.7. The molecule has 110 valence electrons. The average molecular weight is 286 g/mol. The molecule has 0 aliphatic heterocycles. The summed E-state index contributed by atoms with van der Waals surface area (Å²) in [4.78, 5) is 14.0. The number of aliphatic hydroxyl groups excluding tert-OH is 1. The highest BCUT2D eigenvalue weighted by Gasteiger charge is 2.15. The number of hydrogen-bond donors (Lipinski definition) is 1. The van der Waals surface area contributed by atoms with Crippen LogP contribution >= 0.6 is 0 Å². The van der Waals surface area contributed by atoms with Crippen molar-refractivity contribution in [3.05, 3.63) is 29.3 Å². The summed E-state index contributed by atoms with van der Waals surface area (Å²) in [5, 5.41) is 17.4. The fraction of sp³-hybridized carbons (Fsp3) is 0.375. The first-order valence-corrected chi connectivity index (χ1v) is 6.61. The Balaban J connectivity index is 3.07. The molecule has 0 saturated carbocycles. The van der Waals surface area contributed by atoms with Gasteiger partial charge in [0.15, 0.2) is 0 Å². The number of amides is 1. The highest BCUT2D eigenvalue weighted by Crippen LogP contribution is 2.20. The fourth-order valence-corrected chi connectivity index (χ4v) is 1.84. The predicted octanol–water partition coefficient (Wildman–Crippen LogP) is 1.41. The van der Waals surface area contributed by atoms with Gasteiger partial charge in [-0.25, -0.2) is 0 Å². The van der Waals surface area contributed by atoms with Gasteiger partial charge in [0.05, 0.1) is 25.2 Å². The SMILES string of the molecule is CCN(CCC#N)C(=O)c1ccc(OC)c(C#CCO)c1. The number of hydrogen-bond acceptors (Lipinski definition) is 4. The Hall–Kier alpha value is -2.50. The lowest BCUT2D eigenvalue weighted by Crippen LogP contribution is -2.31. The zero-order valence-corrected chi connectivity index (χ0v) is 12.2. The van der Waals surface area contributed by atoms with E-state index in [4.69, 9.17) is 15.1 Å². The van der Waals surface area contributed by atoms with Crippen molar-refractivity contribution >= 4 is 5.91 Å². The number of aliphatic hydroxyl groups is 1. The molecule has 5 heteroatoms. The highest BCUT2D eigenvalue weighted by atomic mass is 16.5. The van der Waals surface area contributed by atoms with Gasteiger partial charge in [0.25, 0.3) is 5.91 Å². The molecule has 0 heterocycles. The first-order valence-electron chi connectivity index (χ1n) is 6.61. The van der Waals surface area contributed by atoms with E-state index in [-0.39, 0.29) is 12.5 Å². The molecule has 1 aromatic carbocycles. The molecule has 0 aromatic heterocycles. The quantitative estimate of drug-likeness (QED) is 0.831. The Morgan fingerprint density at radius 2 is 2.24 bits per heavy atom. The molecule has 0 atom stereocenters. The van der Waals surface area contributed by atoms with Gasteiger partial charge in [-0.1, -0.05) is 11.8 Å². The number of nitrogens with zero attached hydrogens (tertiary/aromatic N) is 2. The van der Waals surface area contributed by atoms with Crippen molar-refractivity contribution in [3.63, 3.8) is 0 Å². The molecular formula is C16H18N2O3. The van der Waals surface area contributed by atoms with Crippen molar-refractivity contribution in [2.24, 2.45) is 0 Å². The molecule has 5 nitrogen and oxygen atoms in total. The van der Waals surface area contributed by atoms with Crippen molar-refractivity contribution < 1.29 is 14.6 Å². The van der Waals surface area contributed by atoms with E-state index in [2.05, 4.69) is 11.8 Å². The maximum absolute atomic E-state index is 12.4. The van der Waals surface area contributed by atoms with Crippen LogP contribution in [-0.4, -0.2) is 42.7 Å². The Labute approximate surface area is 124 Å². The van der Waals surface area contributed by atoms with Crippen LogP contribution in [0.25, 0.3) is 0 Å². The molecule has 0 aliphatic carbocycles. The van der Waals surface area contributed by atoms with Gasteiger partial charge in [-0.2, -0.15) is 5.26 Å². The minimum Gasteiger partial charge on any atom is -0.495 e. The van der Waals surface area contributed by atoms with Gasteiger partial charge in [-0.15, -0.1) is 0 Å². The molecule has 1 rings (SSSR count). The second kappa shape index (κ2) is 8.63. The first kappa shape index (κ1) is 16.6. The van der Waals surface area contributed by atoms with E-state index in [9.17, 15) is 4.79 Å². The summed E-state index contributed by atoms with van der Waals surface area (Å²) in [5.74, 6) is 5.70. The fourth-order valence-electron chi connectivity index (χ4n) is 1.84. The molecule has 21 heavy (non-hydrogen) atoms. The Kier molecular flexibility index (Phi) is 6.80. The molecular weight excluding hydrogens is 268 g/mol. The third-order valence-electron chi connectivity index (χ3n) is 2.91. The number of rotatable bonds is 5. The molecule has 0 bridgehead atoms. The highest BCUT2D eigenvalue weighted by molar-refractivity contribution is 5.94. The van der Waals surface area contributed by atoms with Crippen LogP contribution in [0, 0.1) is 23.2 Å². The van der Waals surface area contributed by atoms with Crippen LogP contribution in [0.3, 0.4) is 0 Å². The lowest BCUT2D eigenvalue weighted by molar-refractivity contribution is 0.0767. The summed E-state index contributed by atoms with van der Waals surface area (Å²) in [5.41, 5.74) is 1.03. The summed E-state index contributed by atoms with van der Waals surface area (Å²) in [6, 6.07) is 7.01. The van der Waals surface area contributed by atoms with Gasteiger partial charge in [-0.3, -0.25) is 4.79 Å². The smallest absolute Gasteiger partial charge is 0.253 e. The van der Waals surface area contributed by atoms with Crippen molar-refractivity contribution in [2.75, 3.05) is 26.8 Å². The minimum absolute atomic E-state index is 0.151. The predicted molar refractivity (Wildman–Crippen MR) is 78.8 cm³/mol. The van der Waals surface area contributed by atoms with E-state index in [1.54, 1.807) is 23.1 Å². The monoisotopic (exact) mass is 286 g/mol. The van der Waals surface area contributed by atoms with Crippen LogP contribution in [0.1, 0.15) is 29.3 Å². The topological polar surface area (TPSA) is 73.6 Å². The number of carbonyl (C=O) groups excluding carboxylic acids is 1. The van der Waals surface area contributed by atoms with Crippen LogP contribution in [0.2, 0.25) is 0 Å². The molecule has 1 amide bonds. The van der Waals surface area contributed by atoms with Crippen LogP contribution in [0.4, 0.5) is 0 Å². The van der Waals surface area contributed by atoms with Gasteiger partial charge in [0.1, 0.15) is 12.4 Å². The van der Waals surface area contributed by atoms with Gasteiger partial charge in [0.2, 0.25) is 0 Å². The third-order valence-corrected chi connectivity index (χ3v) is 2.91. The van der Waals surface area contributed by atoms with E-state index in [0.717, 1.165) is 0 Å². The van der Waals surface area contributed by atoms with Crippen LogP contribution in [-0.2, 0) is 0 Å². The molecule has 0 saturated heterocycles.